The van der Waals surface area contributed by atoms with Gasteiger partial charge in [0.1, 0.15) is 6.23 Å². The lowest BCUT2D eigenvalue weighted by atomic mass is 10.4. The summed E-state index contributed by atoms with van der Waals surface area (Å²) in [5.41, 5.74) is 0. The van der Waals surface area contributed by atoms with Crippen molar-refractivity contribution in [2.75, 3.05) is 26.7 Å². The van der Waals surface area contributed by atoms with Gasteiger partial charge in [0.2, 0.25) is 0 Å². The van der Waals surface area contributed by atoms with Crippen molar-refractivity contribution < 1.29 is 4.74 Å². The Hall–Kier alpha value is 0.170. The number of hydrogen-bond donors (Lipinski definition) is 2. The minimum Gasteiger partial charge on any atom is -0.365 e. The lowest BCUT2D eigenvalue weighted by Crippen LogP contribution is -2.49. The van der Waals surface area contributed by atoms with E-state index in [0.717, 1.165) is 19.6 Å². The summed E-state index contributed by atoms with van der Waals surface area (Å²) in [6, 6.07) is 0. The molecule has 0 aromatic rings. The number of methoxy groups -OCH3 is 1. The van der Waals surface area contributed by atoms with E-state index in [1.165, 1.54) is 0 Å². The molecular weight excluding hydrogens is 140 g/mol. The first-order valence-electron chi connectivity index (χ1n) is 2.90. The molecule has 1 fully saturated rings. The molecule has 0 spiro atoms. The van der Waals surface area contributed by atoms with E-state index in [2.05, 4.69) is 10.6 Å². The highest BCUT2D eigenvalue weighted by molar-refractivity contribution is 5.85. The van der Waals surface area contributed by atoms with Crippen LogP contribution in [0.4, 0.5) is 0 Å². The second kappa shape index (κ2) is 4.99. The van der Waals surface area contributed by atoms with Crippen LogP contribution in [0, 0.1) is 0 Å². The summed E-state index contributed by atoms with van der Waals surface area (Å²) in [6.45, 7) is 2.99. The van der Waals surface area contributed by atoms with Gasteiger partial charge >= 0.3 is 0 Å². The second-order valence-electron chi connectivity index (χ2n) is 1.88. The van der Waals surface area contributed by atoms with Gasteiger partial charge in [-0.15, -0.1) is 12.4 Å². The van der Waals surface area contributed by atoms with E-state index >= 15 is 0 Å². The average molecular weight is 153 g/mol. The van der Waals surface area contributed by atoms with E-state index in [-0.39, 0.29) is 18.6 Å². The molecule has 3 nitrogen and oxygen atoms in total. The molecule has 0 aromatic heterocycles. The van der Waals surface area contributed by atoms with Gasteiger partial charge in [-0.2, -0.15) is 0 Å². The van der Waals surface area contributed by atoms with Gasteiger partial charge in [0.15, 0.2) is 0 Å². The number of hydrogen-bond acceptors (Lipinski definition) is 3. The first kappa shape index (κ1) is 9.17. The summed E-state index contributed by atoms with van der Waals surface area (Å²) in [6.07, 6.45) is 0.226. The van der Waals surface area contributed by atoms with Crippen LogP contribution in [-0.4, -0.2) is 33.0 Å². The van der Waals surface area contributed by atoms with Crippen molar-refractivity contribution in [2.24, 2.45) is 0 Å². The molecule has 1 heterocycles. The number of ether oxygens (including phenoxy) is 1. The Labute approximate surface area is 61.6 Å². The molecule has 1 saturated heterocycles. The Morgan fingerprint density at radius 2 is 2.22 bits per heavy atom. The standard InChI is InChI=1S/C5H12N2O.ClH/c1-8-5-4-6-2-3-7-5;/h5-7H,2-4H2,1H3;1H. The first-order chi connectivity index (χ1) is 3.93. The molecule has 0 bridgehead atoms. The van der Waals surface area contributed by atoms with Gasteiger partial charge in [-0.05, 0) is 0 Å². The molecule has 1 unspecified atom stereocenters. The number of piperazine rings is 1. The monoisotopic (exact) mass is 152 g/mol. The summed E-state index contributed by atoms with van der Waals surface area (Å²) in [5.74, 6) is 0. The molecule has 2 N–H and O–H groups in total. The highest BCUT2D eigenvalue weighted by Crippen LogP contribution is 1.84. The Balaban J connectivity index is 0.000000640. The van der Waals surface area contributed by atoms with Gasteiger partial charge in [0.05, 0.1) is 0 Å². The quantitative estimate of drug-likeness (QED) is 0.535. The zero-order chi connectivity index (χ0) is 5.82. The second-order valence-corrected chi connectivity index (χ2v) is 1.88. The summed E-state index contributed by atoms with van der Waals surface area (Å²) in [4.78, 5) is 0. The van der Waals surface area contributed by atoms with E-state index in [0.29, 0.717) is 0 Å². The topological polar surface area (TPSA) is 33.3 Å². The van der Waals surface area contributed by atoms with Crippen molar-refractivity contribution in [1.29, 1.82) is 0 Å². The third-order valence-electron chi connectivity index (χ3n) is 1.29. The van der Waals surface area contributed by atoms with Crippen LogP contribution in [0.3, 0.4) is 0 Å². The van der Waals surface area contributed by atoms with Crippen molar-refractivity contribution in [3.8, 4) is 0 Å². The average Bonchev–Trinajstić information content (AvgIpc) is 1.90. The Morgan fingerprint density at radius 3 is 2.56 bits per heavy atom. The summed E-state index contributed by atoms with van der Waals surface area (Å²) >= 11 is 0. The zero-order valence-electron chi connectivity index (χ0n) is 5.52. The fourth-order valence-corrected chi connectivity index (χ4v) is 0.794. The Bertz CT molecular complexity index is 66.0. The largest absolute Gasteiger partial charge is 0.365 e. The van der Waals surface area contributed by atoms with Gasteiger partial charge in [-0.1, -0.05) is 0 Å². The smallest absolute Gasteiger partial charge is 0.120 e. The number of rotatable bonds is 1. The van der Waals surface area contributed by atoms with Crippen molar-refractivity contribution in [3.05, 3.63) is 0 Å². The van der Waals surface area contributed by atoms with E-state index in [1.54, 1.807) is 7.11 Å². The van der Waals surface area contributed by atoms with Gasteiger partial charge < -0.3 is 10.1 Å². The molecule has 1 rings (SSSR count). The Morgan fingerprint density at radius 1 is 1.44 bits per heavy atom. The molecule has 9 heavy (non-hydrogen) atoms. The molecule has 0 radical (unpaired) electrons. The van der Waals surface area contributed by atoms with Crippen molar-refractivity contribution >= 4 is 12.4 Å². The molecule has 0 saturated carbocycles. The first-order valence-corrected chi connectivity index (χ1v) is 2.90. The van der Waals surface area contributed by atoms with Crippen molar-refractivity contribution in [3.63, 3.8) is 0 Å². The normalized spacial score (nSPS) is 27.0. The fraction of sp³-hybridized carbons (Fsp3) is 1.00. The van der Waals surface area contributed by atoms with Gasteiger partial charge in [-0.25, -0.2) is 0 Å². The molecular formula is C5H13ClN2O. The van der Waals surface area contributed by atoms with Gasteiger partial charge in [-0.3, -0.25) is 5.32 Å². The maximum atomic E-state index is 5.02. The predicted molar refractivity (Wildman–Crippen MR) is 38.9 cm³/mol. The zero-order valence-corrected chi connectivity index (χ0v) is 6.33. The van der Waals surface area contributed by atoms with Crippen LogP contribution in [0.15, 0.2) is 0 Å². The molecule has 1 atom stereocenters. The van der Waals surface area contributed by atoms with Crippen LogP contribution in [0.2, 0.25) is 0 Å². The third-order valence-corrected chi connectivity index (χ3v) is 1.29. The lowest BCUT2D eigenvalue weighted by molar-refractivity contribution is 0.0625. The minimum atomic E-state index is 0. The minimum absolute atomic E-state index is 0. The van der Waals surface area contributed by atoms with E-state index in [1.807, 2.05) is 0 Å². The highest BCUT2D eigenvalue weighted by atomic mass is 35.5. The van der Waals surface area contributed by atoms with Crippen LogP contribution >= 0.6 is 12.4 Å². The van der Waals surface area contributed by atoms with Crippen LogP contribution in [0.5, 0.6) is 0 Å². The van der Waals surface area contributed by atoms with E-state index in [9.17, 15) is 0 Å². The molecule has 1 aliphatic heterocycles. The number of nitrogens with one attached hydrogen (secondary N) is 2. The molecule has 0 aromatic carbocycles. The lowest BCUT2D eigenvalue weighted by Gasteiger charge is -2.22. The molecule has 0 aliphatic carbocycles. The maximum Gasteiger partial charge on any atom is 0.120 e. The highest BCUT2D eigenvalue weighted by Gasteiger charge is 2.08. The van der Waals surface area contributed by atoms with Crippen molar-refractivity contribution in [2.45, 2.75) is 6.23 Å². The third kappa shape index (κ3) is 3.01. The van der Waals surface area contributed by atoms with Crippen molar-refractivity contribution in [1.82, 2.24) is 10.6 Å². The number of halogens is 1. The SMILES string of the molecule is COC1CNCCN1.Cl. The van der Waals surface area contributed by atoms with E-state index in [4.69, 9.17) is 4.74 Å². The molecule has 0 amide bonds. The molecule has 1 aliphatic rings. The van der Waals surface area contributed by atoms with E-state index < -0.39 is 0 Å². The Kier molecular flexibility index (Phi) is 5.09. The maximum absolute atomic E-state index is 5.02. The molecule has 56 valence electrons. The predicted octanol–water partition coefficient (Wildman–Crippen LogP) is -0.426. The van der Waals surface area contributed by atoms with Crippen LogP contribution < -0.4 is 10.6 Å². The fourth-order valence-electron chi connectivity index (χ4n) is 0.794. The molecule has 4 heteroatoms. The van der Waals surface area contributed by atoms with Gasteiger partial charge in [0, 0.05) is 26.7 Å². The van der Waals surface area contributed by atoms with Crippen LogP contribution in [0.25, 0.3) is 0 Å². The summed E-state index contributed by atoms with van der Waals surface area (Å²) in [7, 11) is 1.71. The van der Waals surface area contributed by atoms with Crippen LogP contribution in [0.1, 0.15) is 0 Å². The summed E-state index contributed by atoms with van der Waals surface area (Å²) < 4.78 is 5.02. The summed E-state index contributed by atoms with van der Waals surface area (Å²) in [5, 5.41) is 6.38. The van der Waals surface area contributed by atoms with Gasteiger partial charge in [0.25, 0.3) is 0 Å². The van der Waals surface area contributed by atoms with Crippen LogP contribution in [-0.2, 0) is 4.74 Å².